The van der Waals surface area contributed by atoms with Crippen molar-refractivity contribution in [3.63, 3.8) is 0 Å². The maximum atomic E-state index is 13.9. The Morgan fingerprint density at radius 3 is 2.29 bits per heavy atom. The molecule has 0 unspecified atom stereocenters. The van der Waals surface area contributed by atoms with Crippen molar-refractivity contribution in [2.24, 2.45) is 11.8 Å². The molecule has 2 saturated heterocycles. The number of halogens is 3. The molecule has 0 N–H and O–H groups in total. The van der Waals surface area contributed by atoms with Crippen molar-refractivity contribution in [2.45, 2.75) is 77.7 Å². The third-order valence-electron chi connectivity index (χ3n) is 7.48. The van der Waals surface area contributed by atoms with Gasteiger partial charge in [0, 0.05) is 18.3 Å². The SMILES string of the molecule is CC(C)C[C@H]1ON(C(=O)/C=C/c2ccc(C(F)(F)F)cn2)C2=CN(C3CCN(C)CC3)C(=O)[C@H](CC(C)C)N2C1=O. The minimum atomic E-state index is -4.52. The lowest BCUT2D eigenvalue weighted by Gasteiger charge is -2.49. The van der Waals surface area contributed by atoms with E-state index in [9.17, 15) is 27.6 Å². The molecular weight excluding hydrogens is 539 g/mol. The van der Waals surface area contributed by atoms with Crippen LogP contribution in [0.15, 0.2) is 36.4 Å². The molecule has 3 aliphatic heterocycles. The summed E-state index contributed by atoms with van der Waals surface area (Å²) in [5.41, 5.74) is -0.748. The molecule has 0 radical (unpaired) electrons. The number of hydrogen-bond donors (Lipinski definition) is 0. The maximum absolute atomic E-state index is 13.9. The van der Waals surface area contributed by atoms with Crippen molar-refractivity contribution in [2.75, 3.05) is 20.1 Å². The molecular formula is C29H38F3N5O4. The zero-order chi connectivity index (χ0) is 30.1. The first-order chi connectivity index (χ1) is 19.3. The van der Waals surface area contributed by atoms with Gasteiger partial charge in [-0.15, -0.1) is 0 Å². The monoisotopic (exact) mass is 577 g/mol. The highest BCUT2D eigenvalue weighted by molar-refractivity contribution is 5.97. The lowest BCUT2D eigenvalue weighted by atomic mass is 9.95. The Kier molecular flexibility index (Phi) is 9.22. The lowest BCUT2D eigenvalue weighted by molar-refractivity contribution is -0.226. The van der Waals surface area contributed by atoms with E-state index in [1.165, 1.54) is 17.0 Å². The fraction of sp³-hybridized carbons (Fsp3) is 0.586. The van der Waals surface area contributed by atoms with Gasteiger partial charge in [-0.2, -0.15) is 18.2 Å². The molecule has 3 aliphatic rings. The molecule has 3 amide bonds. The Morgan fingerprint density at radius 2 is 1.73 bits per heavy atom. The number of pyridine rings is 1. The van der Waals surface area contributed by atoms with E-state index in [1.807, 2.05) is 34.7 Å². The van der Waals surface area contributed by atoms with Gasteiger partial charge in [0.2, 0.25) is 5.91 Å². The largest absolute Gasteiger partial charge is 0.417 e. The quantitative estimate of drug-likeness (QED) is 0.450. The molecule has 0 bridgehead atoms. The average Bonchev–Trinajstić information content (AvgIpc) is 2.90. The standard InChI is InChI=1S/C29H38F3N5O4/c1-18(2)14-23-27(39)35(22-10-12-34(5)13-11-22)17-25-36(23)28(40)24(15-19(3)4)41-37(25)26(38)9-8-21-7-6-20(16-33-21)29(30,31)32/h6-9,16-19,22-24H,10-15H2,1-5H3/b9-8+/t23-,24+/m0/s1. The van der Waals surface area contributed by atoms with Crippen LogP contribution in [0.3, 0.4) is 0 Å². The molecule has 2 atom stereocenters. The van der Waals surface area contributed by atoms with Gasteiger partial charge in [-0.3, -0.25) is 29.1 Å². The molecule has 0 saturated carbocycles. The average molecular weight is 578 g/mol. The Balaban J connectivity index is 1.70. The van der Waals surface area contributed by atoms with E-state index in [4.69, 9.17) is 4.84 Å². The number of fused-ring (bicyclic) bond motifs is 1. The van der Waals surface area contributed by atoms with Gasteiger partial charge in [0.05, 0.1) is 17.5 Å². The van der Waals surface area contributed by atoms with Gasteiger partial charge in [-0.25, -0.2) is 0 Å². The molecule has 2 fully saturated rings. The van der Waals surface area contributed by atoms with Gasteiger partial charge in [0.1, 0.15) is 6.04 Å². The second-order valence-electron chi connectivity index (χ2n) is 11.8. The number of aromatic nitrogens is 1. The minimum Gasteiger partial charge on any atom is -0.310 e. The van der Waals surface area contributed by atoms with Crippen LogP contribution < -0.4 is 0 Å². The van der Waals surface area contributed by atoms with Crippen molar-refractivity contribution in [1.82, 2.24) is 24.7 Å². The van der Waals surface area contributed by atoms with E-state index < -0.39 is 29.8 Å². The fourth-order valence-electron chi connectivity index (χ4n) is 5.33. The number of rotatable bonds is 7. The summed E-state index contributed by atoms with van der Waals surface area (Å²) in [4.78, 5) is 56.2. The molecule has 1 aromatic rings. The number of piperidine rings is 1. The number of carbonyl (C=O) groups is 3. The minimum absolute atomic E-state index is 0.0677. The summed E-state index contributed by atoms with van der Waals surface area (Å²) >= 11 is 0. The molecule has 0 aliphatic carbocycles. The molecule has 4 rings (SSSR count). The number of hydrogen-bond acceptors (Lipinski definition) is 6. The molecule has 0 aromatic carbocycles. The van der Waals surface area contributed by atoms with Gasteiger partial charge in [0.15, 0.2) is 11.9 Å². The van der Waals surface area contributed by atoms with E-state index in [0.717, 1.165) is 43.1 Å². The number of alkyl halides is 3. The second-order valence-corrected chi connectivity index (χ2v) is 11.8. The number of amides is 3. The normalized spacial score (nSPS) is 23.2. The van der Waals surface area contributed by atoms with Gasteiger partial charge in [0.25, 0.3) is 11.8 Å². The van der Waals surface area contributed by atoms with Crippen LogP contribution in [0.25, 0.3) is 6.08 Å². The van der Waals surface area contributed by atoms with Crippen molar-refractivity contribution in [1.29, 1.82) is 0 Å². The van der Waals surface area contributed by atoms with Gasteiger partial charge in [-0.1, -0.05) is 27.7 Å². The van der Waals surface area contributed by atoms with Crippen LogP contribution in [-0.2, 0) is 25.4 Å². The van der Waals surface area contributed by atoms with Gasteiger partial charge in [-0.05, 0) is 75.9 Å². The summed E-state index contributed by atoms with van der Waals surface area (Å²) in [7, 11) is 2.02. The van der Waals surface area contributed by atoms with Crippen molar-refractivity contribution in [3.8, 4) is 0 Å². The van der Waals surface area contributed by atoms with Crippen LogP contribution in [0, 0.1) is 11.8 Å². The zero-order valence-corrected chi connectivity index (χ0v) is 24.1. The van der Waals surface area contributed by atoms with Crippen molar-refractivity contribution in [3.05, 3.63) is 47.7 Å². The Morgan fingerprint density at radius 1 is 1.07 bits per heavy atom. The van der Waals surface area contributed by atoms with E-state index in [1.54, 1.807) is 11.1 Å². The third kappa shape index (κ3) is 6.98. The Bertz CT molecular complexity index is 1190. The topological polar surface area (TPSA) is 86.3 Å². The van der Waals surface area contributed by atoms with Gasteiger partial charge >= 0.3 is 6.18 Å². The maximum Gasteiger partial charge on any atom is 0.417 e. The molecule has 41 heavy (non-hydrogen) atoms. The highest BCUT2D eigenvalue weighted by atomic mass is 19.4. The Hall–Kier alpha value is -3.25. The molecule has 12 heteroatoms. The first kappa shape index (κ1) is 30.7. The van der Waals surface area contributed by atoms with Crippen molar-refractivity contribution >= 4 is 23.8 Å². The lowest BCUT2D eigenvalue weighted by Crippen LogP contribution is -2.64. The first-order valence-corrected chi connectivity index (χ1v) is 14.0. The molecule has 4 heterocycles. The van der Waals surface area contributed by atoms with Crippen LogP contribution in [0.1, 0.15) is 64.6 Å². The van der Waals surface area contributed by atoms with E-state index >= 15 is 0 Å². The first-order valence-electron chi connectivity index (χ1n) is 14.0. The summed E-state index contributed by atoms with van der Waals surface area (Å²) < 4.78 is 38.7. The molecule has 9 nitrogen and oxygen atoms in total. The van der Waals surface area contributed by atoms with Crippen LogP contribution >= 0.6 is 0 Å². The van der Waals surface area contributed by atoms with E-state index in [-0.39, 0.29) is 41.2 Å². The number of nitrogens with zero attached hydrogens (tertiary/aromatic N) is 5. The Labute approximate surface area is 238 Å². The summed E-state index contributed by atoms with van der Waals surface area (Å²) in [6.45, 7) is 9.44. The summed E-state index contributed by atoms with van der Waals surface area (Å²) in [5.74, 6) is -0.869. The molecule has 1 aromatic heterocycles. The van der Waals surface area contributed by atoms with Crippen molar-refractivity contribution < 1.29 is 32.4 Å². The second kappa shape index (κ2) is 12.3. The predicted molar refractivity (Wildman–Crippen MR) is 145 cm³/mol. The summed E-state index contributed by atoms with van der Waals surface area (Å²) in [6, 6.07) is 1.17. The predicted octanol–water partition coefficient (Wildman–Crippen LogP) is 4.28. The van der Waals surface area contributed by atoms with Crippen LogP contribution in [0.5, 0.6) is 0 Å². The molecule has 224 valence electrons. The smallest absolute Gasteiger partial charge is 0.310 e. The third-order valence-corrected chi connectivity index (χ3v) is 7.48. The van der Waals surface area contributed by atoms with Crippen LogP contribution in [0.4, 0.5) is 13.2 Å². The molecule has 0 spiro atoms. The number of hydroxylamine groups is 2. The highest BCUT2D eigenvalue weighted by Gasteiger charge is 2.50. The summed E-state index contributed by atoms with van der Waals surface area (Å²) in [5, 5.41) is 1.04. The fourth-order valence-corrected chi connectivity index (χ4v) is 5.33. The van der Waals surface area contributed by atoms with E-state index in [0.29, 0.717) is 19.0 Å². The summed E-state index contributed by atoms with van der Waals surface area (Å²) in [6.07, 6.45) is 1.41. The van der Waals surface area contributed by atoms with E-state index in [2.05, 4.69) is 9.88 Å². The van der Waals surface area contributed by atoms with Crippen LogP contribution in [0.2, 0.25) is 0 Å². The number of carbonyl (C=O) groups excluding carboxylic acids is 3. The number of likely N-dealkylation sites (tertiary alicyclic amines) is 1. The van der Waals surface area contributed by atoms with Crippen LogP contribution in [-0.4, -0.2) is 80.8 Å². The van der Waals surface area contributed by atoms with Gasteiger partial charge < -0.3 is 9.80 Å². The zero-order valence-electron chi connectivity index (χ0n) is 24.1. The highest BCUT2D eigenvalue weighted by Crippen LogP contribution is 2.35.